The summed E-state index contributed by atoms with van der Waals surface area (Å²) in [5.41, 5.74) is 2.58. The highest BCUT2D eigenvalue weighted by Crippen LogP contribution is 2.60. The molecule has 0 aromatic heterocycles. The number of carboxylic acids is 1. The van der Waals surface area contributed by atoms with Crippen molar-refractivity contribution in [2.75, 3.05) is 26.8 Å². The summed E-state index contributed by atoms with van der Waals surface area (Å²) in [7, 11) is 1.55. The van der Waals surface area contributed by atoms with Crippen LogP contribution < -0.4 is 0 Å². The van der Waals surface area contributed by atoms with Crippen molar-refractivity contribution in [3.63, 3.8) is 0 Å². The van der Waals surface area contributed by atoms with Crippen LogP contribution in [0.3, 0.4) is 0 Å². The Hall–Kier alpha value is -1.88. The van der Waals surface area contributed by atoms with Gasteiger partial charge in [-0.15, -0.1) is 0 Å². The number of carbonyl (C=O) groups excluding carboxylic acids is 1. The van der Waals surface area contributed by atoms with E-state index in [1.165, 1.54) is 16.0 Å². The molecule has 1 amide bonds. The zero-order chi connectivity index (χ0) is 16.4. The van der Waals surface area contributed by atoms with Crippen LogP contribution in [0.15, 0.2) is 24.3 Å². The van der Waals surface area contributed by atoms with E-state index in [0.717, 1.165) is 25.7 Å². The van der Waals surface area contributed by atoms with Gasteiger partial charge in [0.2, 0.25) is 5.91 Å². The van der Waals surface area contributed by atoms with Crippen LogP contribution in [0, 0.1) is 5.92 Å². The molecule has 1 spiro atoms. The van der Waals surface area contributed by atoms with Gasteiger partial charge in [-0.1, -0.05) is 24.3 Å². The Bertz CT molecular complexity index is 615. The molecule has 1 fully saturated rings. The molecule has 5 heteroatoms. The summed E-state index contributed by atoms with van der Waals surface area (Å²) in [6.07, 6.45) is 4.02. The van der Waals surface area contributed by atoms with Gasteiger partial charge in [0.05, 0.1) is 6.61 Å². The molecule has 3 rings (SSSR count). The predicted molar refractivity (Wildman–Crippen MR) is 85.3 cm³/mol. The van der Waals surface area contributed by atoms with Crippen molar-refractivity contribution in [3.05, 3.63) is 35.4 Å². The second-order valence-electron chi connectivity index (χ2n) is 6.57. The molecule has 2 aliphatic carbocycles. The first-order valence-corrected chi connectivity index (χ1v) is 8.16. The van der Waals surface area contributed by atoms with Gasteiger partial charge in [-0.05, 0) is 36.8 Å². The Morgan fingerprint density at radius 1 is 1.39 bits per heavy atom. The standard InChI is InChI=1S/C18H23NO4/c1-23-10-9-19(12-16(20)21)17(22)15-11-18(15)8-4-6-13-5-2-3-7-14(13)18/h2-3,5,7,15H,4,6,8-12H2,1H3,(H,20,21). The van der Waals surface area contributed by atoms with E-state index in [1.807, 2.05) is 12.1 Å². The SMILES string of the molecule is COCCN(CC(=O)O)C(=O)C1CC12CCCc1ccccc12. The number of rotatable bonds is 6. The fourth-order valence-electron chi connectivity index (χ4n) is 4.01. The summed E-state index contributed by atoms with van der Waals surface area (Å²) in [6, 6.07) is 8.37. The molecule has 0 bridgehead atoms. The first kappa shape index (κ1) is 16.0. The number of hydrogen-bond donors (Lipinski definition) is 1. The lowest BCUT2D eigenvalue weighted by Gasteiger charge is -2.28. The van der Waals surface area contributed by atoms with E-state index in [1.54, 1.807) is 7.11 Å². The average Bonchev–Trinajstić information content (AvgIpc) is 3.25. The Balaban J connectivity index is 1.78. The van der Waals surface area contributed by atoms with Gasteiger partial charge in [0.1, 0.15) is 6.54 Å². The minimum absolute atomic E-state index is 0.0406. The number of ether oxygens (including phenoxy) is 1. The second-order valence-corrected chi connectivity index (χ2v) is 6.57. The van der Waals surface area contributed by atoms with Gasteiger partial charge in [0.15, 0.2) is 0 Å². The van der Waals surface area contributed by atoms with E-state index in [-0.39, 0.29) is 23.8 Å². The normalized spacial score (nSPS) is 25.0. The Morgan fingerprint density at radius 3 is 2.91 bits per heavy atom. The highest BCUT2D eigenvalue weighted by Gasteiger charge is 2.60. The molecule has 2 aliphatic rings. The number of amides is 1. The fraction of sp³-hybridized carbons (Fsp3) is 0.556. The summed E-state index contributed by atoms with van der Waals surface area (Å²) < 4.78 is 5.01. The summed E-state index contributed by atoms with van der Waals surface area (Å²) in [5, 5.41) is 9.06. The van der Waals surface area contributed by atoms with Crippen LogP contribution in [-0.4, -0.2) is 48.7 Å². The second kappa shape index (κ2) is 6.32. The Labute approximate surface area is 136 Å². The highest BCUT2D eigenvalue weighted by atomic mass is 16.5. The van der Waals surface area contributed by atoms with Crippen LogP contribution >= 0.6 is 0 Å². The quantitative estimate of drug-likeness (QED) is 0.869. The fourth-order valence-corrected chi connectivity index (χ4v) is 4.01. The van der Waals surface area contributed by atoms with Crippen LogP contribution in [-0.2, 0) is 26.2 Å². The number of methoxy groups -OCH3 is 1. The molecule has 0 radical (unpaired) electrons. The first-order valence-electron chi connectivity index (χ1n) is 8.16. The number of fused-ring (bicyclic) bond motifs is 2. The van der Waals surface area contributed by atoms with Crippen molar-refractivity contribution in [1.82, 2.24) is 4.90 Å². The first-order chi connectivity index (χ1) is 11.1. The Morgan fingerprint density at radius 2 is 2.17 bits per heavy atom. The van der Waals surface area contributed by atoms with Crippen LogP contribution in [0.25, 0.3) is 0 Å². The molecule has 1 aromatic carbocycles. The lowest BCUT2D eigenvalue weighted by molar-refractivity contribution is -0.145. The number of aliphatic carboxylic acids is 1. The van der Waals surface area contributed by atoms with Crippen LogP contribution in [0.1, 0.15) is 30.4 Å². The number of hydrogen-bond acceptors (Lipinski definition) is 3. The van der Waals surface area contributed by atoms with Crippen molar-refractivity contribution in [2.24, 2.45) is 5.92 Å². The van der Waals surface area contributed by atoms with E-state index in [2.05, 4.69) is 12.1 Å². The van der Waals surface area contributed by atoms with E-state index < -0.39 is 5.97 Å². The number of aryl methyl sites for hydroxylation is 1. The smallest absolute Gasteiger partial charge is 0.323 e. The molecule has 1 aromatic rings. The Kier molecular flexibility index (Phi) is 4.39. The summed E-state index contributed by atoms with van der Waals surface area (Å²) in [6.45, 7) is 0.432. The van der Waals surface area contributed by atoms with Crippen LogP contribution in [0.5, 0.6) is 0 Å². The number of carboxylic acid groups (broad SMARTS) is 1. The third-order valence-electron chi connectivity index (χ3n) is 5.20. The van der Waals surface area contributed by atoms with Crippen molar-refractivity contribution in [3.8, 4) is 0 Å². The monoisotopic (exact) mass is 317 g/mol. The van der Waals surface area contributed by atoms with Gasteiger partial charge in [-0.25, -0.2) is 0 Å². The summed E-state index contributed by atoms with van der Waals surface area (Å²) in [5.74, 6) is -1.10. The van der Waals surface area contributed by atoms with Gasteiger partial charge in [0, 0.05) is 25.0 Å². The molecule has 2 unspecified atom stereocenters. The largest absolute Gasteiger partial charge is 0.480 e. The average molecular weight is 317 g/mol. The molecule has 0 saturated heterocycles. The van der Waals surface area contributed by atoms with Crippen molar-refractivity contribution < 1.29 is 19.4 Å². The molecule has 0 heterocycles. The van der Waals surface area contributed by atoms with E-state index >= 15 is 0 Å². The minimum atomic E-state index is -0.979. The summed E-state index contributed by atoms with van der Waals surface area (Å²) >= 11 is 0. The molecule has 23 heavy (non-hydrogen) atoms. The van der Waals surface area contributed by atoms with E-state index in [0.29, 0.717) is 13.2 Å². The zero-order valence-electron chi connectivity index (χ0n) is 13.5. The maximum Gasteiger partial charge on any atom is 0.323 e. The minimum Gasteiger partial charge on any atom is -0.480 e. The predicted octanol–water partition coefficient (Wildman–Crippen LogP) is 1.84. The number of nitrogens with zero attached hydrogens (tertiary/aromatic N) is 1. The maximum absolute atomic E-state index is 12.8. The van der Waals surface area contributed by atoms with Gasteiger partial charge in [-0.3, -0.25) is 9.59 Å². The van der Waals surface area contributed by atoms with E-state index in [9.17, 15) is 9.59 Å². The van der Waals surface area contributed by atoms with Crippen LogP contribution in [0.2, 0.25) is 0 Å². The van der Waals surface area contributed by atoms with Crippen LogP contribution in [0.4, 0.5) is 0 Å². The van der Waals surface area contributed by atoms with Crippen molar-refractivity contribution in [1.29, 1.82) is 0 Å². The third kappa shape index (κ3) is 2.98. The molecule has 5 nitrogen and oxygen atoms in total. The van der Waals surface area contributed by atoms with Crippen molar-refractivity contribution >= 4 is 11.9 Å². The van der Waals surface area contributed by atoms with Gasteiger partial charge < -0.3 is 14.7 Å². The molecular formula is C18H23NO4. The molecule has 1 saturated carbocycles. The van der Waals surface area contributed by atoms with E-state index in [4.69, 9.17) is 9.84 Å². The molecule has 2 atom stereocenters. The van der Waals surface area contributed by atoms with Gasteiger partial charge in [0.25, 0.3) is 0 Å². The van der Waals surface area contributed by atoms with Gasteiger partial charge in [-0.2, -0.15) is 0 Å². The highest BCUT2D eigenvalue weighted by molar-refractivity contribution is 5.87. The summed E-state index contributed by atoms with van der Waals surface area (Å²) in [4.78, 5) is 25.3. The molecular weight excluding hydrogens is 294 g/mol. The maximum atomic E-state index is 12.8. The zero-order valence-corrected chi connectivity index (χ0v) is 13.5. The molecule has 1 N–H and O–H groups in total. The lowest BCUT2D eigenvalue weighted by atomic mass is 9.78. The van der Waals surface area contributed by atoms with Gasteiger partial charge >= 0.3 is 5.97 Å². The lowest BCUT2D eigenvalue weighted by Crippen LogP contribution is -2.40. The van der Waals surface area contributed by atoms with Crippen molar-refractivity contribution in [2.45, 2.75) is 31.1 Å². The molecule has 124 valence electrons. The topological polar surface area (TPSA) is 66.8 Å². The number of benzene rings is 1. The third-order valence-corrected chi connectivity index (χ3v) is 5.20. The number of carbonyl (C=O) groups is 2. The molecule has 0 aliphatic heterocycles.